The number of imidazole rings is 1. The van der Waals surface area contributed by atoms with Crippen molar-refractivity contribution in [1.29, 1.82) is 0 Å². The van der Waals surface area contributed by atoms with Gasteiger partial charge in [-0.05, 0) is 55.8 Å². The van der Waals surface area contributed by atoms with E-state index >= 15 is 0 Å². The van der Waals surface area contributed by atoms with Crippen LogP contribution < -0.4 is 10.1 Å². The number of hydrogen-bond acceptors (Lipinski definition) is 3. The number of hydrogen-bond donors (Lipinski definition) is 1. The van der Waals surface area contributed by atoms with E-state index in [-0.39, 0.29) is 0 Å². The van der Waals surface area contributed by atoms with Crippen LogP contribution in [0, 0.1) is 23.7 Å². The molecule has 4 saturated carbocycles. The van der Waals surface area contributed by atoms with E-state index < -0.39 is 0 Å². The van der Waals surface area contributed by atoms with Crippen LogP contribution in [-0.4, -0.2) is 16.7 Å². The molecule has 0 aromatic carbocycles. The van der Waals surface area contributed by atoms with Crippen LogP contribution in [0.1, 0.15) is 49.5 Å². The van der Waals surface area contributed by atoms with E-state index in [9.17, 15) is 0 Å². The van der Waals surface area contributed by atoms with Crippen molar-refractivity contribution in [2.24, 2.45) is 23.7 Å². The minimum absolute atomic E-state index is 0.661. The average molecular weight is 273 g/mol. The Morgan fingerprint density at radius 1 is 1.05 bits per heavy atom. The molecule has 0 saturated heterocycles. The zero-order chi connectivity index (χ0) is 13.3. The molecule has 4 aliphatic carbocycles. The standard InChI is InChI=1S/C16H23N3O/c1-20-16-18-13-7-17-8-14(13)19(16)15-11-3-9-2-10(5-11)6-12(15)4-9/h9-12,15,17H,2-8H2,1H3. The SMILES string of the molecule is COc1nc2c(n1C1C3CC4CC(C3)CC1C4)CNC2. The summed E-state index contributed by atoms with van der Waals surface area (Å²) in [6.45, 7) is 1.88. The van der Waals surface area contributed by atoms with Crippen LogP contribution in [0.5, 0.6) is 6.01 Å². The van der Waals surface area contributed by atoms with Gasteiger partial charge in [0.1, 0.15) is 0 Å². The molecule has 5 aliphatic rings. The van der Waals surface area contributed by atoms with Gasteiger partial charge in [-0.25, -0.2) is 0 Å². The molecule has 0 atom stereocenters. The zero-order valence-electron chi connectivity index (χ0n) is 12.1. The van der Waals surface area contributed by atoms with Crippen LogP contribution in [0.2, 0.25) is 0 Å². The van der Waals surface area contributed by atoms with E-state index in [1.54, 1.807) is 7.11 Å². The molecule has 1 aromatic rings. The summed E-state index contributed by atoms with van der Waals surface area (Å²) in [6.07, 6.45) is 7.30. The lowest BCUT2D eigenvalue weighted by Gasteiger charge is -2.54. The first-order chi connectivity index (χ1) is 9.83. The largest absolute Gasteiger partial charge is 0.468 e. The topological polar surface area (TPSA) is 39.1 Å². The highest BCUT2D eigenvalue weighted by Gasteiger charge is 2.50. The molecule has 4 heteroatoms. The number of nitrogens with zero attached hydrogens (tertiary/aromatic N) is 2. The second-order valence-corrected chi connectivity index (χ2v) is 7.39. The maximum atomic E-state index is 5.62. The van der Waals surface area contributed by atoms with Gasteiger partial charge in [-0.3, -0.25) is 4.57 Å². The minimum atomic E-state index is 0.661. The molecule has 4 bridgehead atoms. The molecule has 4 nitrogen and oxygen atoms in total. The second-order valence-electron chi connectivity index (χ2n) is 7.39. The van der Waals surface area contributed by atoms with Gasteiger partial charge in [-0.1, -0.05) is 0 Å². The van der Waals surface area contributed by atoms with Gasteiger partial charge in [-0.15, -0.1) is 0 Å². The van der Waals surface area contributed by atoms with Crippen molar-refractivity contribution in [3.05, 3.63) is 11.4 Å². The van der Waals surface area contributed by atoms with Gasteiger partial charge in [0.15, 0.2) is 0 Å². The molecule has 0 amide bonds. The molecular weight excluding hydrogens is 250 g/mol. The number of rotatable bonds is 2. The van der Waals surface area contributed by atoms with Crippen molar-refractivity contribution in [3.63, 3.8) is 0 Å². The molecule has 0 spiro atoms. The molecule has 0 unspecified atom stereocenters. The lowest BCUT2D eigenvalue weighted by atomic mass is 9.54. The van der Waals surface area contributed by atoms with E-state index in [1.807, 2.05) is 0 Å². The summed E-state index contributed by atoms with van der Waals surface area (Å²) in [4.78, 5) is 4.72. The first-order valence-corrected chi connectivity index (χ1v) is 8.18. The van der Waals surface area contributed by atoms with E-state index in [0.29, 0.717) is 6.04 Å². The monoisotopic (exact) mass is 273 g/mol. The third kappa shape index (κ3) is 1.43. The first kappa shape index (κ1) is 11.6. The molecule has 0 radical (unpaired) electrons. The van der Waals surface area contributed by atoms with Gasteiger partial charge in [-0.2, -0.15) is 4.98 Å². The lowest BCUT2D eigenvalue weighted by Crippen LogP contribution is -2.46. The smallest absolute Gasteiger partial charge is 0.296 e. The number of nitrogens with one attached hydrogen (secondary N) is 1. The van der Waals surface area contributed by atoms with Crippen LogP contribution >= 0.6 is 0 Å². The lowest BCUT2D eigenvalue weighted by molar-refractivity contribution is -0.0323. The molecule has 1 aliphatic heterocycles. The highest BCUT2D eigenvalue weighted by molar-refractivity contribution is 5.26. The number of methoxy groups -OCH3 is 1. The summed E-state index contributed by atoms with van der Waals surface area (Å²) in [5.41, 5.74) is 2.62. The van der Waals surface area contributed by atoms with Crippen molar-refractivity contribution < 1.29 is 4.74 Å². The summed E-state index contributed by atoms with van der Waals surface area (Å²) < 4.78 is 8.11. The van der Waals surface area contributed by atoms with Crippen molar-refractivity contribution >= 4 is 0 Å². The van der Waals surface area contributed by atoms with E-state index in [0.717, 1.165) is 42.8 Å². The number of aromatic nitrogens is 2. The Kier molecular flexibility index (Phi) is 2.32. The summed E-state index contributed by atoms with van der Waals surface area (Å²) in [6, 6.07) is 1.53. The summed E-state index contributed by atoms with van der Waals surface area (Å²) in [5, 5.41) is 3.44. The summed E-state index contributed by atoms with van der Waals surface area (Å²) in [7, 11) is 1.78. The summed E-state index contributed by atoms with van der Waals surface area (Å²) in [5.74, 6) is 3.79. The van der Waals surface area contributed by atoms with Crippen molar-refractivity contribution in [3.8, 4) is 6.01 Å². The minimum Gasteiger partial charge on any atom is -0.468 e. The molecule has 108 valence electrons. The molecule has 4 fully saturated rings. The van der Waals surface area contributed by atoms with E-state index in [1.165, 1.54) is 43.5 Å². The van der Waals surface area contributed by atoms with Crippen LogP contribution in [0.25, 0.3) is 0 Å². The number of fused-ring (bicyclic) bond motifs is 1. The molecule has 2 heterocycles. The van der Waals surface area contributed by atoms with E-state index in [2.05, 4.69) is 9.88 Å². The Balaban J connectivity index is 1.60. The molecule has 1 N–H and O–H groups in total. The van der Waals surface area contributed by atoms with Gasteiger partial charge in [0.05, 0.1) is 18.5 Å². The highest BCUT2D eigenvalue weighted by atomic mass is 16.5. The van der Waals surface area contributed by atoms with Crippen LogP contribution in [0.3, 0.4) is 0 Å². The van der Waals surface area contributed by atoms with Gasteiger partial charge >= 0.3 is 0 Å². The fourth-order valence-corrected chi connectivity index (χ4v) is 5.89. The van der Waals surface area contributed by atoms with Crippen molar-refractivity contribution in [2.75, 3.05) is 7.11 Å². The van der Waals surface area contributed by atoms with Gasteiger partial charge in [0.25, 0.3) is 6.01 Å². The van der Waals surface area contributed by atoms with Crippen LogP contribution in [0.15, 0.2) is 0 Å². The maximum Gasteiger partial charge on any atom is 0.296 e. The molecular formula is C16H23N3O. The fourth-order valence-electron chi connectivity index (χ4n) is 5.89. The molecule has 1 aromatic heterocycles. The van der Waals surface area contributed by atoms with Gasteiger partial charge in [0.2, 0.25) is 0 Å². The van der Waals surface area contributed by atoms with Crippen molar-refractivity contribution in [1.82, 2.24) is 14.9 Å². The quantitative estimate of drug-likeness (QED) is 0.900. The van der Waals surface area contributed by atoms with Crippen molar-refractivity contribution in [2.45, 2.75) is 51.2 Å². The Hall–Kier alpha value is -1.03. The Bertz CT molecular complexity index is 522. The normalized spacial score (nSPS) is 41.1. The molecule has 20 heavy (non-hydrogen) atoms. The summed E-state index contributed by atoms with van der Waals surface area (Å²) >= 11 is 0. The average Bonchev–Trinajstić information content (AvgIpc) is 2.99. The number of ether oxygens (including phenoxy) is 1. The zero-order valence-corrected chi connectivity index (χ0v) is 12.1. The first-order valence-electron chi connectivity index (χ1n) is 8.18. The van der Waals surface area contributed by atoms with Gasteiger partial charge in [0, 0.05) is 19.1 Å². The highest BCUT2D eigenvalue weighted by Crippen LogP contribution is 2.59. The second kappa shape index (κ2) is 4.00. The maximum absolute atomic E-state index is 5.62. The van der Waals surface area contributed by atoms with E-state index in [4.69, 9.17) is 9.72 Å². The predicted octanol–water partition coefficient (Wildman–Crippen LogP) is 2.49. The van der Waals surface area contributed by atoms with Crippen LogP contribution in [0.4, 0.5) is 0 Å². The third-order valence-electron chi connectivity index (χ3n) is 6.30. The molecule has 6 rings (SSSR count). The fraction of sp³-hybridized carbons (Fsp3) is 0.812. The van der Waals surface area contributed by atoms with Crippen LogP contribution in [-0.2, 0) is 13.1 Å². The Morgan fingerprint density at radius 2 is 1.75 bits per heavy atom. The Morgan fingerprint density at radius 3 is 2.40 bits per heavy atom. The van der Waals surface area contributed by atoms with Gasteiger partial charge < -0.3 is 10.1 Å². The Labute approximate surface area is 119 Å². The third-order valence-corrected chi connectivity index (χ3v) is 6.30. The predicted molar refractivity (Wildman–Crippen MR) is 75.4 cm³/mol.